The third-order valence-corrected chi connectivity index (χ3v) is 6.71. The maximum absolute atomic E-state index is 13.5. The number of pyridine rings is 1. The number of benzene rings is 2. The fourth-order valence-corrected chi connectivity index (χ4v) is 4.60. The molecule has 3 heterocycles. The van der Waals surface area contributed by atoms with Gasteiger partial charge in [0, 0.05) is 19.1 Å². The van der Waals surface area contributed by atoms with E-state index in [0.717, 1.165) is 17.5 Å². The SMILES string of the molecule is C[C@H]1COc2nc(C(=O)NC[C@H]3CCOC3)c(Cc3ccc(F)cc3)cc2N1C(=O)OCc1ccccc1. The molecular weight excluding hydrogens is 489 g/mol. The van der Waals surface area contributed by atoms with E-state index in [2.05, 4.69) is 10.3 Å². The topological polar surface area (TPSA) is 90.0 Å². The largest absolute Gasteiger partial charge is 0.474 e. The number of carbonyl (C=O) groups is 2. The van der Waals surface area contributed by atoms with Crippen LogP contribution in [0.15, 0.2) is 60.7 Å². The minimum atomic E-state index is -0.529. The van der Waals surface area contributed by atoms with Crippen molar-refractivity contribution in [2.75, 3.05) is 31.3 Å². The molecular formula is C29H30FN3O5. The number of anilines is 1. The molecule has 0 bridgehead atoms. The molecule has 38 heavy (non-hydrogen) atoms. The molecule has 8 nitrogen and oxygen atoms in total. The van der Waals surface area contributed by atoms with E-state index >= 15 is 0 Å². The van der Waals surface area contributed by atoms with Crippen LogP contribution in [0.2, 0.25) is 0 Å². The smallest absolute Gasteiger partial charge is 0.415 e. The van der Waals surface area contributed by atoms with Gasteiger partial charge in [-0.25, -0.2) is 14.2 Å². The van der Waals surface area contributed by atoms with E-state index in [1.165, 1.54) is 17.0 Å². The Balaban J connectivity index is 1.44. The van der Waals surface area contributed by atoms with Gasteiger partial charge in [-0.05, 0) is 54.7 Å². The summed E-state index contributed by atoms with van der Waals surface area (Å²) in [4.78, 5) is 32.5. The number of fused-ring (bicyclic) bond motifs is 1. The zero-order valence-corrected chi connectivity index (χ0v) is 21.2. The Hall–Kier alpha value is -3.98. The molecule has 2 aliphatic heterocycles. The number of aromatic nitrogens is 1. The molecule has 0 unspecified atom stereocenters. The van der Waals surface area contributed by atoms with Crippen molar-refractivity contribution >= 4 is 17.7 Å². The Morgan fingerprint density at radius 1 is 1.11 bits per heavy atom. The van der Waals surface area contributed by atoms with Crippen molar-refractivity contribution in [1.82, 2.24) is 10.3 Å². The lowest BCUT2D eigenvalue weighted by Gasteiger charge is -2.34. The molecule has 3 aromatic rings. The van der Waals surface area contributed by atoms with E-state index < -0.39 is 6.09 Å². The summed E-state index contributed by atoms with van der Waals surface area (Å²) in [5.41, 5.74) is 2.90. The highest BCUT2D eigenvalue weighted by molar-refractivity contribution is 5.96. The fourth-order valence-electron chi connectivity index (χ4n) is 4.60. The second-order valence-electron chi connectivity index (χ2n) is 9.63. The number of amides is 2. The van der Waals surface area contributed by atoms with Gasteiger partial charge in [-0.1, -0.05) is 42.5 Å². The molecule has 0 aliphatic carbocycles. The zero-order chi connectivity index (χ0) is 26.5. The zero-order valence-electron chi connectivity index (χ0n) is 21.2. The number of ether oxygens (including phenoxy) is 3. The monoisotopic (exact) mass is 519 g/mol. The Bertz CT molecular complexity index is 1280. The highest BCUT2D eigenvalue weighted by atomic mass is 19.1. The molecule has 2 atom stereocenters. The van der Waals surface area contributed by atoms with E-state index in [0.29, 0.717) is 37.4 Å². The summed E-state index contributed by atoms with van der Waals surface area (Å²) in [7, 11) is 0. The van der Waals surface area contributed by atoms with Gasteiger partial charge in [-0.2, -0.15) is 0 Å². The molecule has 198 valence electrons. The van der Waals surface area contributed by atoms with E-state index in [1.54, 1.807) is 18.2 Å². The maximum atomic E-state index is 13.5. The Kier molecular flexibility index (Phi) is 7.83. The molecule has 1 aromatic heterocycles. The van der Waals surface area contributed by atoms with Gasteiger partial charge < -0.3 is 19.5 Å². The first-order valence-corrected chi connectivity index (χ1v) is 12.7. The van der Waals surface area contributed by atoms with Crippen molar-refractivity contribution in [3.8, 4) is 5.88 Å². The molecule has 1 saturated heterocycles. The Labute approximate surface area is 220 Å². The van der Waals surface area contributed by atoms with Gasteiger partial charge >= 0.3 is 6.09 Å². The number of halogens is 1. The van der Waals surface area contributed by atoms with Gasteiger partial charge in [0.1, 0.15) is 30.4 Å². The third-order valence-electron chi connectivity index (χ3n) is 6.71. The highest BCUT2D eigenvalue weighted by Gasteiger charge is 2.34. The summed E-state index contributed by atoms with van der Waals surface area (Å²) >= 11 is 0. The van der Waals surface area contributed by atoms with Crippen LogP contribution in [0.5, 0.6) is 5.88 Å². The van der Waals surface area contributed by atoms with Gasteiger partial charge in [-0.15, -0.1) is 0 Å². The van der Waals surface area contributed by atoms with E-state index in [9.17, 15) is 14.0 Å². The van der Waals surface area contributed by atoms with Crippen molar-refractivity contribution in [3.63, 3.8) is 0 Å². The predicted octanol–water partition coefficient (Wildman–Crippen LogP) is 4.50. The van der Waals surface area contributed by atoms with Crippen LogP contribution in [0.1, 0.15) is 40.5 Å². The van der Waals surface area contributed by atoms with Crippen LogP contribution in [0.3, 0.4) is 0 Å². The summed E-state index contributed by atoms with van der Waals surface area (Å²) in [5.74, 6) is -0.234. The molecule has 2 aliphatic rings. The second kappa shape index (κ2) is 11.6. The van der Waals surface area contributed by atoms with E-state index in [4.69, 9.17) is 14.2 Å². The summed E-state index contributed by atoms with van der Waals surface area (Å²) in [6.45, 7) is 3.97. The number of nitrogens with one attached hydrogen (secondary N) is 1. The molecule has 9 heteroatoms. The standard InChI is InChI=1S/C29H30FN3O5/c1-19-16-37-28-25(33(19)29(35)38-18-21-5-3-2-4-6-21)14-23(13-20-7-9-24(30)10-8-20)26(32-28)27(34)31-15-22-11-12-36-17-22/h2-10,14,19,22H,11-13,15-18H2,1H3,(H,31,34)/t19-,22+/m0/s1. The lowest BCUT2D eigenvalue weighted by molar-refractivity contribution is 0.0937. The minimum Gasteiger partial charge on any atom is -0.474 e. The first-order valence-electron chi connectivity index (χ1n) is 12.7. The fraction of sp³-hybridized carbons (Fsp3) is 0.345. The number of nitrogens with zero attached hydrogens (tertiary/aromatic N) is 2. The van der Waals surface area contributed by atoms with Gasteiger partial charge in [0.05, 0.1) is 12.6 Å². The summed E-state index contributed by atoms with van der Waals surface area (Å²) in [5, 5.41) is 2.96. The van der Waals surface area contributed by atoms with Gasteiger partial charge in [-0.3, -0.25) is 9.69 Å². The Morgan fingerprint density at radius 3 is 2.63 bits per heavy atom. The molecule has 0 spiro atoms. The average molecular weight is 520 g/mol. The second-order valence-corrected chi connectivity index (χ2v) is 9.63. The van der Waals surface area contributed by atoms with Gasteiger partial charge in [0.25, 0.3) is 5.91 Å². The number of hydrogen-bond donors (Lipinski definition) is 1. The Morgan fingerprint density at radius 2 is 1.89 bits per heavy atom. The molecule has 0 saturated carbocycles. The van der Waals surface area contributed by atoms with Crippen LogP contribution in [0.25, 0.3) is 0 Å². The van der Waals surface area contributed by atoms with Crippen molar-refractivity contribution in [2.45, 2.75) is 32.4 Å². The van der Waals surface area contributed by atoms with Crippen LogP contribution in [-0.2, 0) is 22.5 Å². The minimum absolute atomic E-state index is 0.125. The normalized spacial score (nSPS) is 18.4. The molecule has 1 N–H and O–H groups in total. The highest BCUT2D eigenvalue weighted by Crippen LogP contribution is 2.35. The first-order chi connectivity index (χ1) is 18.5. The quantitative estimate of drug-likeness (QED) is 0.494. The molecule has 5 rings (SSSR count). The van der Waals surface area contributed by atoms with Gasteiger partial charge in [0.2, 0.25) is 5.88 Å². The number of carbonyl (C=O) groups excluding carboxylic acids is 2. The maximum Gasteiger partial charge on any atom is 0.415 e. The molecule has 2 amide bonds. The summed E-state index contributed by atoms with van der Waals surface area (Å²) < 4.78 is 30.4. The molecule has 2 aromatic carbocycles. The van der Waals surface area contributed by atoms with Crippen LogP contribution in [0, 0.1) is 11.7 Å². The van der Waals surface area contributed by atoms with Crippen LogP contribution in [0.4, 0.5) is 14.9 Å². The van der Waals surface area contributed by atoms with E-state index in [-0.39, 0.29) is 48.5 Å². The van der Waals surface area contributed by atoms with Crippen LogP contribution >= 0.6 is 0 Å². The molecule has 1 fully saturated rings. The summed E-state index contributed by atoms with van der Waals surface area (Å²) in [6.07, 6.45) is 0.678. The van der Waals surface area contributed by atoms with Gasteiger partial charge in [0.15, 0.2) is 0 Å². The van der Waals surface area contributed by atoms with Crippen LogP contribution in [-0.4, -0.2) is 49.4 Å². The predicted molar refractivity (Wildman–Crippen MR) is 139 cm³/mol. The average Bonchev–Trinajstić information content (AvgIpc) is 3.46. The van der Waals surface area contributed by atoms with E-state index in [1.807, 2.05) is 37.3 Å². The van der Waals surface area contributed by atoms with Crippen molar-refractivity contribution in [1.29, 1.82) is 0 Å². The van der Waals surface area contributed by atoms with Crippen molar-refractivity contribution < 1.29 is 28.2 Å². The number of rotatable bonds is 7. The van der Waals surface area contributed by atoms with Crippen molar-refractivity contribution in [3.05, 3.63) is 88.9 Å². The van der Waals surface area contributed by atoms with Crippen molar-refractivity contribution in [2.24, 2.45) is 5.92 Å². The lowest BCUT2D eigenvalue weighted by Crippen LogP contribution is -2.46. The third kappa shape index (κ3) is 5.94. The lowest BCUT2D eigenvalue weighted by atomic mass is 10.0. The molecule has 0 radical (unpaired) electrons. The van der Waals surface area contributed by atoms with Crippen LogP contribution < -0.4 is 15.0 Å². The number of hydrogen-bond acceptors (Lipinski definition) is 6. The first kappa shape index (κ1) is 25.7. The summed E-state index contributed by atoms with van der Waals surface area (Å²) in [6, 6.07) is 16.9.